The minimum absolute atomic E-state index is 0.253. The topological polar surface area (TPSA) is 51.7 Å². The molecule has 2 heterocycles. The maximum atomic E-state index is 12.2. The zero-order chi connectivity index (χ0) is 15.4. The lowest BCUT2D eigenvalue weighted by atomic mass is 10.2. The van der Waals surface area contributed by atoms with Crippen molar-refractivity contribution in [1.29, 1.82) is 0 Å². The molecule has 114 valence electrons. The van der Waals surface area contributed by atoms with Gasteiger partial charge in [-0.15, -0.1) is 0 Å². The Kier molecular flexibility index (Phi) is 4.44. The average Bonchev–Trinajstić information content (AvgIpc) is 2.75. The molecule has 1 aliphatic heterocycles. The fourth-order valence-corrected chi connectivity index (χ4v) is 2.36. The molecule has 1 aliphatic rings. The molecule has 0 atom stereocenters. The van der Waals surface area contributed by atoms with Crippen LogP contribution in [0.5, 0.6) is 5.75 Å². The van der Waals surface area contributed by atoms with Crippen LogP contribution in [0.1, 0.15) is 11.1 Å². The molecule has 0 bridgehead atoms. The first-order chi connectivity index (χ1) is 10.7. The van der Waals surface area contributed by atoms with Crippen molar-refractivity contribution in [1.82, 2.24) is 9.88 Å². The molecule has 0 saturated heterocycles. The van der Waals surface area contributed by atoms with Crippen LogP contribution >= 0.6 is 11.6 Å². The Morgan fingerprint density at radius 3 is 3.00 bits per heavy atom. The highest BCUT2D eigenvalue weighted by Gasteiger charge is 2.21. The van der Waals surface area contributed by atoms with Crippen molar-refractivity contribution in [2.75, 3.05) is 13.2 Å². The fourth-order valence-electron chi connectivity index (χ4n) is 2.21. The number of ether oxygens (including phenoxy) is 2. The Labute approximate surface area is 133 Å². The summed E-state index contributed by atoms with van der Waals surface area (Å²) in [5.74, 6) is 0.665. The minimum atomic E-state index is -0.366. The van der Waals surface area contributed by atoms with Crippen molar-refractivity contribution in [3.63, 3.8) is 0 Å². The van der Waals surface area contributed by atoms with Gasteiger partial charge in [-0.1, -0.05) is 41.9 Å². The van der Waals surface area contributed by atoms with Crippen LogP contribution in [0.15, 0.2) is 42.6 Å². The van der Waals surface area contributed by atoms with Gasteiger partial charge in [0.05, 0.1) is 13.1 Å². The van der Waals surface area contributed by atoms with Gasteiger partial charge in [0, 0.05) is 17.8 Å². The third-order valence-electron chi connectivity index (χ3n) is 3.35. The van der Waals surface area contributed by atoms with E-state index in [1.807, 2.05) is 30.3 Å². The zero-order valence-electron chi connectivity index (χ0n) is 11.9. The van der Waals surface area contributed by atoms with Gasteiger partial charge in [0.2, 0.25) is 0 Å². The van der Waals surface area contributed by atoms with E-state index >= 15 is 0 Å². The molecule has 0 saturated carbocycles. The van der Waals surface area contributed by atoms with Crippen molar-refractivity contribution in [3.8, 4) is 5.75 Å². The van der Waals surface area contributed by atoms with Gasteiger partial charge in [-0.25, -0.2) is 9.78 Å². The number of pyridine rings is 1. The van der Waals surface area contributed by atoms with Gasteiger partial charge in [-0.2, -0.15) is 0 Å². The average molecular weight is 319 g/mol. The number of benzene rings is 1. The smallest absolute Gasteiger partial charge is 0.410 e. The van der Waals surface area contributed by atoms with Crippen LogP contribution in [0.25, 0.3) is 0 Å². The second kappa shape index (κ2) is 6.66. The summed E-state index contributed by atoms with van der Waals surface area (Å²) in [6, 6.07) is 11.2. The minimum Gasteiger partial charge on any atom is -0.491 e. The normalized spacial score (nSPS) is 13.8. The SMILES string of the molecule is O=C(OCc1ccccc1)N1CCOc2cc(Cl)ncc2C1. The Balaban J connectivity index is 1.64. The van der Waals surface area contributed by atoms with Crippen LogP contribution in [-0.2, 0) is 17.9 Å². The van der Waals surface area contributed by atoms with Crippen LogP contribution in [0.4, 0.5) is 4.79 Å². The van der Waals surface area contributed by atoms with E-state index in [0.29, 0.717) is 30.6 Å². The molecule has 1 aromatic heterocycles. The molecule has 22 heavy (non-hydrogen) atoms. The molecule has 0 radical (unpaired) electrons. The van der Waals surface area contributed by atoms with E-state index in [1.54, 1.807) is 17.2 Å². The number of hydrogen-bond donors (Lipinski definition) is 0. The van der Waals surface area contributed by atoms with Gasteiger partial charge in [0.25, 0.3) is 0 Å². The summed E-state index contributed by atoms with van der Waals surface area (Å²) in [6.07, 6.45) is 1.26. The standard InChI is InChI=1S/C16H15ClN2O3/c17-15-8-14-13(9-18-15)10-19(6-7-21-14)16(20)22-11-12-4-2-1-3-5-12/h1-5,8-9H,6-7,10-11H2. The van der Waals surface area contributed by atoms with Crippen LogP contribution in [0.2, 0.25) is 5.15 Å². The van der Waals surface area contributed by atoms with E-state index in [1.165, 1.54) is 0 Å². The molecular formula is C16H15ClN2O3. The summed E-state index contributed by atoms with van der Waals surface area (Å²) in [4.78, 5) is 17.8. The van der Waals surface area contributed by atoms with Gasteiger partial charge >= 0.3 is 6.09 Å². The predicted molar refractivity (Wildman–Crippen MR) is 81.8 cm³/mol. The molecule has 0 spiro atoms. The van der Waals surface area contributed by atoms with Gasteiger partial charge in [-0.3, -0.25) is 0 Å². The highest BCUT2D eigenvalue weighted by molar-refractivity contribution is 6.29. The van der Waals surface area contributed by atoms with Crippen molar-refractivity contribution >= 4 is 17.7 Å². The fraction of sp³-hybridized carbons (Fsp3) is 0.250. The summed E-state index contributed by atoms with van der Waals surface area (Å²) in [5.41, 5.74) is 1.77. The van der Waals surface area contributed by atoms with Gasteiger partial charge in [-0.05, 0) is 5.56 Å². The number of hydrogen-bond acceptors (Lipinski definition) is 4. The van der Waals surface area contributed by atoms with Gasteiger partial charge in [0.1, 0.15) is 24.1 Å². The highest BCUT2D eigenvalue weighted by Crippen LogP contribution is 2.25. The van der Waals surface area contributed by atoms with E-state index < -0.39 is 0 Å². The maximum Gasteiger partial charge on any atom is 0.410 e. The Morgan fingerprint density at radius 1 is 1.36 bits per heavy atom. The molecule has 0 unspecified atom stereocenters. The molecule has 1 aromatic carbocycles. The number of halogens is 1. The molecule has 1 amide bonds. The Bertz CT molecular complexity index is 664. The first-order valence-corrected chi connectivity index (χ1v) is 7.33. The van der Waals surface area contributed by atoms with Crippen molar-refractivity contribution in [3.05, 3.63) is 58.9 Å². The molecule has 0 aliphatic carbocycles. The predicted octanol–water partition coefficient (Wildman–Crippen LogP) is 3.27. The van der Waals surface area contributed by atoms with E-state index in [9.17, 15) is 4.79 Å². The second-order valence-corrected chi connectivity index (χ2v) is 5.31. The number of nitrogens with zero attached hydrogens (tertiary/aromatic N) is 2. The molecule has 5 nitrogen and oxygen atoms in total. The number of rotatable bonds is 2. The molecular weight excluding hydrogens is 304 g/mol. The number of fused-ring (bicyclic) bond motifs is 1. The molecule has 0 N–H and O–H groups in total. The first-order valence-electron chi connectivity index (χ1n) is 6.95. The van der Waals surface area contributed by atoms with Crippen LogP contribution in [-0.4, -0.2) is 29.1 Å². The summed E-state index contributed by atoms with van der Waals surface area (Å²) in [7, 11) is 0. The van der Waals surface area contributed by atoms with E-state index in [4.69, 9.17) is 21.1 Å². The lowest BCUT2D eigenvalue weighted by molar-refractivity contribution is 0.0913. The van der Waals surface area contributed by atoms with Crippen LogP contribution in [0.3, 0.4) is 0 Å². The zero-order valence-corrected chi connectivity index (χ0v) is 12.6. The van der Waals surface area contributed by atoms with Crippen LogP contribution in [0, 0.1) is 0 Å². The van der Waals surface area contributed by atoms with Crippen LogP contribution < -0.4 is 4.74 Å². The monoisotopic (exact) mass is 318 g/mol. The number of carbonyl (C=O) groups is 1. The number of carbonyl (C=O) groups excluding carboxylic acids is 1. The molecule has 3 rings (SSSR count). The Hall–Kier alpha value is -2.27. The molecule has 2 aromatic rings. The third kappa shape index (κ3) is 3.49. The summed E-state index contributed by atoms with van der Waals surface area (Å²) >= 11 is 5.85. The number of amides is 1. The summed E-state index contributed by atoms with van der Waals surface area (Å²) in [6.45, 7) is 1.50. The Morgan fingerprint density at radius 2 is 2.18 bits per heavy atom. The van der Waals surface area contributed by atoms with E-state index in [0.717, 1.165) is 11.1 Å². The van der Waals surface area contributed by atoms with Crippen molar-refractivity contribution in [2.45, 2.75) is 13.2 Å². The van der Waals surface area contributed by atoms with E-state index in [-0.39, 0.29) is 12.7 Å². The largest absolute Gasteiger partial charge is 0.491 e. The van der Waals surface area contributed by atoms with Crippen molar-refractivity contribution in [2.24, 2.45) is 0 Å². The lowest BCUT2D eigenvalue weighted by Crippen LogP contribution is -2.32. The second-order valence-electron chi connectivity index (χ2n) is 4.92. The third-order valence-corrected chi connectivity index (χ3v) is 3.56. The first kappa shape index (κ1) is 14.7. The van der Waals surface area contributed by atoms with Gasteiger partial charge < -0.3 is 14.4 Å². The maximum absolute atomic E-state index is 12.2. The summed E-state index contributed by atoms with van der Waals surface area (Å²) in [5, 5.41) is 0.374. The van der Waals surface area contributed by atoms with Gasteiger partial charge in [0.15, 0.2) is 0 Å². The summed E-state index contributed by atoms with van der Waals surface area (Å²) < 4.78 is 10.9. The molecule has 0 fully saturated rings. The van der Waals surface area contributed by atoms with E-state index in [2.05, 4.69) is 4.98 Å². The van der Waals surface area contributed by atoms with Crippen molar-refractivity contribution < 1.29 is 14.3 Å². The quantitative estimate of drug-likeness (QED) is 0.797. The number of aromatic nitrogens is 1. The molecule has 6 heteroatoms. The highest BCUT2D eigenvalue weighted by atomic mass is 35.5. The lowest BCUT2D eigenvalue weighted by Gasteiger charge is -2.19.